The highest BCUT2D eigenvalue weighted by Gasteiger charge is 2.34. The molecule has 6 heteroatoms. The van der Waals surface area contributed by atoms with Gasteiger partial charge in [-0.25, -0.2) is 4.79 Å². The van der Waals surface area contributed by atoms with Crippen molar-refractivity contribution in [2.75, 3.05) is 19.7 Å². The van der Waals surface area contributed by atoms with Crippen molar-refractivity contribution in [2.45, 2.75) is 46.3 Å². The van der Waals surface area contributed by atoms with E-state index in [1.807, 2.05) is 0 Å². The van der Waals surface area contributed by atoms with Gasteiger partial charge in [0.2, 0.25) is 0 Å². The van der Waals surface area contributed by atoms with Gasteiger partial charge < -0.3 is 14.4 Å². The highest BCUT2D eigenvalue weighted by atomic mass is 16.6. The molecule has 0 saturated carbocycles. The number of Topliss-reactive ketones (excluding diaryl/α,β-unsaturated/α-hetero) is 2. The zero-order valence-corrected chi connectivity index (χ0v) is 12.8. The highest BCUT2D eigenvalue weighted by Crippen LogP contribution is 2.15. The SMILES string of the molecule is CC(=O)C(C)C(=O)C1CN(C(=O)OC(C)(C)C)CCO1. The first-order chi connectivity index (χ1) is 9.11. The molecule has 1 rings (SSSR count). The Bertz CT molecular complexity index is 399. The van der Waals surface area contributed by atoms with Crippen molar-refractivity contribution in [1.82, 2.24) is 4.90 Å². The number of rotatable bonds is 3. The Morgan fingerprint density at radius 3 is 2.40 bits per heavy atom. The van der Waals surface area contributed by atoms with E-state index < -0.39 is 23.7 Å². The zero-order chi connectivity index (χ0) is 15.5. The Morgan fingerprint density at radius 2 is 1.90 bits per heavy atom. The van der Waals surface area contributed by atoms with E-state index >= 15 is 0 Å². The Balaban J connectivity index is 2.65. The molecule has 0 aromatic carbocycles. The fourth-order valence-electron chi connectivity index (χ4n) is 1.79. The number of carbonyl (C=O) groups is 3. The average Bonchev–Trinajstić information content (AvgIpc) is 2.35. The Kier molecular flexibility index (Phi) is 5.28. The van der Waals surface area contributed by atoms with Gasteiger partial charge >= 0.3 is 6.09 Å². The summed E-state index contributed by atoms with van der Waals surface area (Å²) in [4.78, 5) is 36.7. The average molecular weight is 285 g/mol. The fraction of sp³-hybridized carbons (Fsp3) is 0.786. The molecule has 0 spiro atoms. The fourth-order valence-corrected chi connectivity index (χ4v) is 1.79. The van der Waals surface area contributed by atoms with Crippen molar-refractivity contribution >= 4 is 17.7 Å². The topological polar surface area (TPSA) is 72.9 Å². The quantitative estimate of drug-likeness (QED) is 0.733. The van der Waals surface area contributed by atoms with E-state index in [9.17, 15) is 14.4 Å². The van der Waals surface area contributed by atoms with E-state index in [2.05, 4.69) is 0 Å². The van der Waals surface area contributed by atoms with Gasteiger partial charge in [-0.1, -0.05) is 0 Å². The summed E-state index contributed by atoms with van der Waals surface area (Å²) >= 11 is 0. The van der Waals surface area contributed by atoms with E-state index in [0.29, 0.717) is 6.54 Å². The molecular weight excluding hydrogens is 262 g/mol. The van der Waals surface area contributed by atoms with Crippen LogP contribution in [0.5, 0.6) is 0 Å². The molecule has 0 N–H and O–H groups in total. The predicted molar refractivity (Wildman–Crippen MR) is 72.4 cm³/mol. The first-order valence-corrected chi connectivity index (χ1v) is 6.75. The lowest BCUT2D eigenvalue weighted by Gasteiger charge is -2.34. The minimum Gasteiger partial charge on any atom is -0.444 e. The number of hydrogen-bond acceptors (Lipinski definition) is 5. The number of morpholine rings is 1. The van der Waals surface area contributed by atoms with Crippen molar-refractivity contribution in [3.05, 3.63) is 0 Å². The molecule has 1 saturated heterocycles. The number of hydrogen-bond donors (Lipinski definition) is 0. The number of ketones is 2. The van der Waals surface area contributed by atoms with E-state index in [4.69, 9.17) is 9.47 Å². The maximum Gasteiger partial charge on any atom is 0.410 e. The third kappa shape index (κ3) is 4.59. The maximum absolute atomic E-state index is 12.1. The number of amides is 1. The zero-order valence-electron chi connectivity index (χ0n) is 12.8. The van der Waals surface area contributed by atoms with Crippen molar-refractivity contribution in [2.24, 2.45) is 5.92 Å². The summed E-state index contributed by atoms with van der Waals surface area (Å²) in [7, 11) is 0. The van der Waals surface area contributed by atoms with Gasteiger partial charge in [0.15, 0.2) is 5.78 Å². The van der Waals surface area contributed by atoms with Gasteiger partial charge in [0.25, 0.3) is 0 Å². The molecule has 0 bridgehead atoms. The van der Waals surface area contributed by atoms with Crippen LogP contribution in [0.2, 0.25) is 0 Å². The van der Waals surface area contributed by atoms with Gasteiger partial charge in [-0.15, -0.1) is 0 Å². The van der Waals surface area contributed by atoms with Crippen molar-refractivity contribution < 1.29 is 23.9 Å². The molecule has 0 radical (unpaired) electrons. The van der Waals surface area contributed by atoms with Crippen LogP contribution in [0.1, 0.15) is 34.6 Å². The molecular formula is C14H23NO5. The summed E-state index contributed by atoms with van der Waals surface area (Å²) in [5, 5.41) is 0. The monoisotopic (exact) mass is 285 g/mol. The lowest BCUT2D eigenvalue weighted by atomic mass is 9.97. The second-order valence-electron chi connectivity index (χ2n) is 6.02. The highest BCUT2D eigenvalue weighted by molar-refractivity contribution is 6.03. The second kappa shape index (κ2) is 6.35. The van der Waals surface area contributed by atoms with Gasteiger partial charge in [-0.05, 0) is 34.6 Å². The van der Waals surface area contributed by atoms with Crippen molar-refractivity contribution in [1.29, 1.82) is 0 Å². The molecule has 1 aliphatic heterocycles. The van der Waals surface area contributed by atoms with Crippen LogP contribution in [0.3, 0.4) is 0 Å². The number of carbonyl (C=O) groups excluding carboxylic acids is 3. The number of nitrogens with zero attached hydrogens (tertiary/aromatic N) is 1. The lowest BCUT2D eigenvalue weighted by Crippen LogP contribution is -2.51. The summed E-state index contributed by atoms with van der Waals surface area (Å²) in [6, 6.07) is 0. The van der Waals surface area contributed by atoms with Gasteiger partial charge in [-0.3, -0.25) is 9.59 Å². The summed E-state index contributed by atoms with van der Waals surface area (Å²) in [6.45, 7) is 9.06. The molecule has 2 atom stereocenters. The minimum absolute atomic E-state index is 0.130. The standard InChI is InChI=1S/C14H23NO5/c1-9(10(2)16)12(17)11-8-15(6-7-19-11)13(18)20-14(3,4)5/h9,11H,6-8H2,1-5H3. The molecule has 1 heterocycles. The first-order valence-electron chi connectivity index (χ1n) is 6.75. The lowest BCUT2D eigenvalue weighted by molar-refractivity contribution is -0.143. The second-order valence-corrected chi connectivity index (χ2v) is 6.02. The smallest absolute Gasteiger partial charge is 0.410 e. The Hall–Kier alpha value is -1.43. The first kappa shape index (κ1) is 16.6. The molecule has 1 fully saturated rings. The van der Waals surface area contributed by atoms with Crippen LogP contribution in [0.25, 0.3) is 0 Å². The van der Waals surface area contributed by atoms with Gasteiger partial charge in [-0.2, -0.15) is 0 Å². The third-order valence-corrected chi connectivity index (χ3v) is 3.07. The molecule has 1 amide bonds. The molecule has 0 aliphatic carbocycles. The largest absolute Gasteiger partial charge is 0.444 e. The van der Waals surface area contributed by atoms with Crippen LogP contribution in [-0.4, -0.2) is 54.0 Å². The molecule has 20 heavy (non-hydrogen) atoms. The third-order valence-electron chi connectivity index (χ3n) is 3.07. The summed E-state index contributed by atoms with van der Waals surface area (Å²) in [6.07, 6.45) is -1.22. The molecule has 2 unspecified atom stereocenters. The van der Waals surface area contributed by atoms with Gasteiger partial charge in [0.05, 0.1) is 19.1 Å². The van der Waals surface area contributed by atoms with E-state index in [-0.39, 0.29) is 24.7 Å². The van der Waals surface area contributed by atoms with E-state index in [0.717, 1.165) is 0 Å². The van der Waals surface area contributed by atoms with Crippen LogP contribution < -0.4 is 0 Å². The summed E-state index contributed by atoms with van der Waals surface area (Å²) < 4.78 is 10.6. The van der Waals surface area contributed by atoms with Crippen molar-refractivity contribution in [3.63, 3.8) is 0 Å². The molecule has 114 valence electrons. The van der Waals surface area contributed by atoms with Crippen LogP contribution in [-0.2, 0) is 19.1 Å². The molecule has 0 aromatic rings. The maximum atomic E-state index is 12.1. The Labute approximate surface area is 119 Å². The van der Waals surface area contributed by atoms with Crippen molar-refractivity contribution in [3.8, 4) is 0 Å². The van der Waals surface area contributed by atoms with E-state index in [1.165, 1.54) is 11.8 Å². The van der Waals surface area contributed by atoms with Crippen LogP contribution in [0.15, 0.2) is 0 Å². The van der Waals surface area contributed by atoms with Gasteiger partial charge in [0.1, 0.15) is 17.5 Å². The van der Waals surface area contributed by atoms with E-state index in [1.54, 1.807) is 27.7 Å². The van der Waals surface area contributed by atoms with Crippen LogP contribution in [0, 0.1) is 5.92 Å². The molecule has 0 aromatic heterocycles. The minimum atomic E-state index is -0.754. The molecule has 1 aliphatic rings. The summed E-state index contributed by atoms with van der Waals surface area (Å²) in [5.74, 6) is -1.20. The predicted octanol–water partition coefficient (Wildman–Crippen LogP) is 1.42. The Morgan fingerprint density at radius 1 is 1.30 bits per heavy atom. The number of ether oxygens (including phenoxy) is 2. The summed E-state index contributed by atoms with van der Waals surface area (Å²) in [5.41, 5.74) is -0.582. The molecule has 6 nitrogen and oxygen atoms in total. The van der Waals surface area contributed by atoms with Gasteiger partial charge in [0, 0.05) is 6.54 Å². The van der Waals surface area contributed by atoms with Crippen LogP contribution >= 0.6 is 0 Å². The normalized spacial score (nSPS) is 21.2. The van der Waals surface area contributed by atoms with Crippen LogP contribution in [0.4, 0.5) is 4.79 Å².